The number of aryl methyl sites for hydroxylation is 1. The van der Waals surface area contributed by atoms with Crippen molar-refractivity contribution in [2.75, 3.05) is 25.1 Å². The monoisotopic (exact) mass is 589 g/mol. The van der Waals surface area contributed by atoms with E-state index in [0.29, 0.717) is 18.5 Å². The number of thiazole rings is 1. The predicted molar refractivity (Wildman–Crippen MR) is 145 cm³/mol. The maximum absolute atomic E-state index is 12.9. The quantitative estimate of drug-likeness (QED) is 0.234. The summed E-state index contributed by atoms with van der Waals surface area (Å²) >= 11 is 3.94. The Hall–Kier alpha value is -2.46. The topological polar surface area (TPSA) is 71.5 Å². The third kappa shape index (κ3) is 5.78. The molecule has 8 heteroatoms. The van der Waals surface area contributed by atoms with Crippen molar-refractivity contribution in [1.29, 1.82) is 0 Å². The van der Waals surface area contributed by atoms with Crippen molar-refractivity contribution in [3.63, 3.8) is 0 Å². The van der Waals surface area contributed by atoms with E-state index in [1.807, 2.05) is 25.1 Å². The number of ether oxygens (including phenoxy) is 1. The fourth-order valence-electron chi connectivity index (χ4n) is 4.22. The minimum Gasteiger partial charge on any atom is -0.465 e. The molecule has 0 spiro atoms. The Kier molecular flexibility index (Phi) is 8.20. The van der Waals surface area contributed by atoms with Gasteiger partial charge in [0.05, 0.1) is 30.5 Å². The molecule has 1 aromatic heterocycles. The van der Waals surface area contributed by atoms with Gasteiger partial charge >= 0.3 is 5.97 Å². The van der Waals surface area contributed by atoms with Gasteiger partial charge in [0.25, 0.3) is 0 Å². The van der Waals surface area contributed by atoms with Gasteiger partial charge in [0.15, 0.2) is 0 Å². The number of methoxy groups -OCH3 is 1. The minimum atomic E-state index is -0.345. The van der Waals surface area contributed by atoms with E-state index in [1.165, 1.54) is 12.7 Å². The summed E-state index contributed by atoms with van der Waals surface area (Å²) in [7, 11) is 1.39. The first kappa shape index (κ1) is 24.7. The molecule has 0 aliphatic carbocycles. The zero-order chi connectivity index (χ0) is 24.1. The number of nitrogens with one attached hydrogen (secondary N) is 1. The fraction of sp³-hybridized carbons (Fsp3) is 0.346. The van der Waals surface area contributed by atoms with Gasteiger partial charge in [0.2, 0.25) is 5.91 Å². The molecule has 2 aromatic carbocycles. The van der Waals surface area contributed by atoms with Crippen molar-refractivity contribution in [3.8, 4) is 10.6 Å². The van der Waals surface area contributed by atoms with Crippen LogP contribution in [0.3, 0.4) is 0 Å². The molecule has 1 fully saturated rings. The largest absolute Gasteiger partial charge is 0.465 e. The molecule has 6 nitrogen and oxygen atoms in total. The number of nitrogens with zero attached hydrogens (tertiary/aromatic N) is 2. The van der Waals surface area contributed by atoms with E-state index in [-0.39, 0.29) is 17.9 Å². The van der Waals surface area contributed by atoms with E-state index < -0.39 is 0 Å². The zero-order valence-electron chi connectivity index (χ0n) is 19.3. The number of rotatable bonds is 7. The van der Waals surface area contributed by atoms with Gasteiger partial charge in [-0.2, -0.15) is 0 Å². The second-order valence-electron chi connectivity index (χ2n) is 8.40. The Labute approximate surface area is 217 Å². The molecule has 2 heterocycles. The van der Waals surface area contributed by atoms with Crippen LogP contribution in [0.15, 0.2) is 48.5 Å². The molecule has 3 aromatic rings. The Bertz CT molecular complexity index is 1160. The van der Waals surface area contributed by atoms with Crippen molar-refractivity contribution in [1.82, 2.24) is 10.3 Å². The van der Waals surface area contributed by atoms with Crippen LogP contribution in [-0.2, 0) is 20.4 Å². The van der Waals surface area contributed by atoms with Gasteiger partial charge in [-0.3, -0.25) is 4.79 Å². The molecule has 0 radical (unpaired) electrons. The SMILES string of the molecule is COC(=O)c1ccccc1N1CCCC(NC(=O)Cc2sc(-c3ccc(CI)cc3)nc2C)C1. The van der Waals surface area contributed by atoms with Crippen LogP contribution in [0.25, 0.3) is 10.6 Å². The van der Waals surface area contributed by atoms with E-state index in [4.69, 9.17) is 9.72 Å². The highest BCUT2D eigenvalue weighted by molar-refractivity contribution is 14.1. The van der Waals surface area contributed by atoms with Crippen LogP contribution in [0.2, 0.25) is 0 Å². The second-order valence-corrected chi connectivity index (χ2v) is 10.2. The molecule has 1 N–H and O–H groups in total. The highest BCUT2D eigenvalue weighted by Crippen LogP contribution is 2.29. The number of halogens is 1. The summed E-state index contributed by atoms with van der Waals surface area (Å²) in [6.07, 6.45) is 2.18. The van der Waals surface area contributed by atoms with Gasteiger partial charge in [-0.15, -0.1) is 11.3 Å². The van der Waals surface area contributed by atoms with Crippen LogP contribution < -0.4 is 10.2 Å². The van der Waals surface area contributed by atoms with Gasteiger partial charge < -0.3 is 15.0 Å². The number of carbonyl (C=O) groups excluding carboxylic acids is 2. The summed E-state index contributed by atoms with van der Waals surface area (Å²) in [5.41, 5.74) is 4.68. The summed E-state index contributed by atoms with van der Waals surface area (Å²) in [6.45, 7) is 3.47. The number of piperidine rings is 1. The molecule has 1 aliphatic rings. The van der Waals surface area contributed by atoms with Gasteiger partial charge in [-0.05, 0) is 37.5 Å². The lowest BCUT2D eigenvalue weighted by Gasteiger charge is -2.35. The maximum Gasteiger partial charge on any atom is 0.339 e. The normalized spacial score (nSPS) is 15.7. The van der Waals surface area contributed by atoms with Crippen LogP contribution >= 0.6 is 33.9 Å². The number of anilines is 1. The lowest BCUT2D eigenvalue weighted by atomic mass is 10.0. The van der Waals surface area contributed by atoms with Gasteiger partial charge in [0.1, 0.15) is 5.01 Å². The third-order valence-corrected chi connectivity index (χ3v) is 8.09. The molecular weight excluding hydrogens is 561 g/mol. The van der Waals surface area contributed by atoms with Crippen LogP contribution in [0.1, 0.15) is 39.3 Å². The number of alkyl halides is 1. The Morgan fingerprint density at radius 3 is 2.71 bits per heavy atom. The number of carbonyl (C=O) groups is 2. The van der Waals surface area contributed by atoms with E-state index >= 15 is 0 Å². The number of esters is 1. The van der Waals surface area contributed by atoms with Gasteiger partial charge in [-0.25, -0.2) is 9.78 Å². The van der Waals surface area contributed by atoms with Crippen molar-refractivity contribution < 1.29 is 14.3 Å². The molecule has 0 bridgehead atoms. The standard InChI is InChI=1S/C26H28IN3O3S/c1-17-23(34-25(28-17)19-11-9-18(15-27)10-12-19)14-24(31)29-20-6-5-13-30(16-20)22-8-4-3-7-21(22)26(32)33-2/h3-4,7-12,20H,5-6,13-16H2,1-2H3,(H,29,31). The van der Waals surface area contributed by atoms with Crippen molar-refractivity contribution >= 4 is 51.5 Å². The van der Waals surface area contributed by atoms with Crippen molar-refractivity contribution in [3.05, 3.63) is 70.2 Å². The number of amides is 1. The lowest BCUT2D eigenvalue weighted by Crippen LogP contribution is -2.48. The molecule has 34 heavy (non-hydrogen) atoms. The molecule has 4 rings (SSSR count). The number of hydrogen-bond donors (Lipinski definition) is 1. The van der Waals surface area contributed by atoms with Crippen LogP contribution in [0.5, 0.6) is 0 Å². The number of para-hydroxylation sites is 1. The first-order valence-corrected chi connectivity index (χ1v) is 13.7. The summed E-state index contributed by atoms with van der Waals surface area (Å²) in [5.74, 6) is -0.339. The summed E-state index contributed by atoms with van der Waals surface area (Å²) in [6, 6.07) is 15.9. The van der Waals surface area contributed by atoms with Crippen molar-refractivity contribution in [2.45, 2.75) is 36.7 Å². The zero-order valence-corrected chi connectivity index (χ0v) is 22.3. The van der Waals surface area contributed by atoms with E-state index in [1.54, 1.807) is 17.4 Å². The Morgan fingerprint density at radius 2 is 1.97 bits per heavy atom. The first-order chi connectivity index (χ1) is 16.5. The average molecular weight is 589 g/mol. The molecule has 1 aliphatic heterocycles. The average Bonchev–Trinajstić information content (AvgIpc) is 3.23. The summed E-state index contributed by atoms with van der Waals surface area (Å²) in [5, 5.41) is 4.15. The second kappa shape index (κ2) is 11.3. The van der Waals surface area contributed by atoms with Crippen LogP contribution in [-0.4, -0.2) is 43.1 Å². The fourth-order valence-corrected chi connectivity index (χ4v) is 5.80. The lowest BCUT2D eigenvalue weighted by molar-refractivity contribution is -0.121. The molecule has 1 saturated heterocycles. The first-order valence-electron chi connectivity index (χ1n) is 11.3. The van der Waals surface area contributed by atoms with E-state index in [2.05, 4.69) is 57.1 Å². The molecule has 178 valence electrons. The highest BCUT2D eigenvalue weighted by Gasteiger charge is 2.25. The molecule has 1 amide bonds. The minimum absolute atomic E-state index is 0.00617. The molecule has 0 saturated carbocycles. The number of aromatic nitrogens is 1. The highest BCUT2D eigenvalue weighted by atomic mass is 127. The Morgan fingerprint density at radius 1 is 1.21 bits per heavy atom. The van der Waals surface area contributed by atoms with Gasteiger partial charge in [-0.1, -0.05) is 59.0 Å². The number of hydrogen-bond acceptors (Lipinski definition) is 6. The summed E-state index contributed by atoms with van der Waals surface area (Å²) in [4.78, 5) is 32.9. The maximum atomic E-state index is 12.9. The van der Waals surface area contributed by atoms with E-state index in [0.717, 1.165) is 50.6 Å². The van der Waals surface area contributed by atoms with Crippen LogP contribution in [0, 0.1) is 6.92 Å². The smallest absolute Gasteiger partial charge is 0.339 e. The molecule has 1 atom stereocenters. The molecular formula is C26H28IN3O3S. The van der Waals surface area contributed by atoms with Gasteiger partial charge in [0, 0.05) is 34.0 Å². The van der Waals surface area contributed by atoms with Crippen molar-refractivity contribution in [2.24, 2.45) is 0 Å². The number of benzene rings is 2. The van der Waals surface area contributed by atoms with E-state index in [9.17, 15) is 9.59 Å². The summed E-state index contributed by atoms with van der Waals surface area (Å²) < 4.78 is 5.92. The molecule has 1 unspecified atom stereocenters. The third-order valence-electron chi connectivity index (χ3n) is 6.01. The Balaban J connectivity index is 1.40. The predicted octanol–water partition coefficient (Wildman–Crippen LogP) is 5.17. The van der Waals surface area contributed by atoms with Crippen LogP contribution in [0.4, 0.5) is 5.69 Å².